The Kier molecular flexibility index (Phi) is 7.14. The average Bonchev–Trinajstić information content (AvgIpc) is 2.78. The van der Waals surface area contributed by atoms with Gasteiger partial charge in [-0.15, -0.1) is 0 Å². The zero-order valence-electron chi connectivity index (χ0n) is 16.8. The zero-order chi connectivity index (χ0) is 21.6. The van der Waals surface area contributed by atoms with Crippen molar-refractivity contribution in [2.24, 2.45) is 0 Å². The molecule has 0 aliphatic carbocycles. The lowest BCUT2D eigenvalue weighted by Gasteiger charge is -2.26. The molecular weight excluding hydrogens is 412 g/mol. The molecule has 0 unspecified atom stereocenters. The van der Waals surface area contributed by atoms with Crippen LogP contribution in [0.5, 0.6) is 17.2 Å². The monoisotopic (exact) mass is 436 g/mol. The Labute approximate surface area is 175 Å². The Morgan fingerprint density at radius 1 is 1.03 bits per heavy atom. The molecule has 1 aliphatic rings. The number of ether oxygens (including phenoxy) is 4. The number of carbonyl (C=O) groups excluding carboxylic acids is 1. The number of hydrogen-bond acceptors (Lipinski definition) is 7. The summed E-state index contributed by atoms with van der Waals surface area (Å²) in [4.78, 5) is 12.4. The maximum atomic E-state index is 12.9. The van der Waals surface area contributed by atoms with Gasteiger partial charge in [-0.25, -0.2) is 8.42 Å². The van der Waals surface area contributed by atoms with Gasteiger partial charge in [-0.3, -0.25) is 4.79 Å². The second-order valence-electron chi connectivity index (χ2n) is 6.39. The average molecular weight is 436 g/mol. The molecule has 162 valence electrons. The predicted octanol–water partition coefficient (Wildman–Crippen LogP) is 1.74. The van der Waals surface area contributed by atoms with E-state index in [0.717, 1.165) is 0 Å². The third kappa shape index (κ3) is 5.21. The smallest absolute Gasteiger partial charge is 0.262 e. The molecule has 1 saturated heterocycles. The molecule has 0 aromatic heterocycles. The molecule has 1 amide bonds. The van der Waals surface area contributed by atoms with Crippen LogP contribution in [-0.2, 0) is 19.6 Å². The molecule has 1 N–H and O–H groups in total. The van der Waals surface area contributed by atoms with E-state index >= 15 is 0 Å². The van der Waals surface area contributed by atoms with E-state index in [2.05, 4.69) is 5.32 Å². The standard InChI is InChI=1S/C20H24N2O7S/c1-26-15-3-5-16(6-4-15)29-14-20(23)21-18-13-17(7-8-19(18)27-2)30(24,25)22-9-11-28-12-10-22/h3-8,13H,9-12,14H2,1-2H3,(H,21,23). The fourth-order valence-corrected chi connectivity index (χ4v) is 4.32. The molecule has 0 radical (unpaired) electrons. The molecule has 0 spiro atoms. The van der Waals surface area contributed by atoms with Crippen molar-refractivity contribution in [3.05, 3.63) is 42.5 Å². The Hall–Kier alpha value is -2.82. The van der Waals surface area contributed by atoms with Crippen LogP contribution in [0.2, 0.25) is 0 Å². The van der Waals surface area contributed by atoms with Crippen LogP contribution in [0.4, 0.5) is 5.69 Å². The van der Waals surface area contributed by atoms with Crippen LogP contribution in [0, 0.1) is 0 Å². The Balaban J connectivity index is 1.70. The van der Waals surface area contributed by atoms with Gasteiger partial charge in [0.1, 0.15) is 17.2 Å². The summed E-state index contributed by atoms with van der Waals surface area (Å²) in [5.41, 5.74) is 0.246. The number of amides is 1. The molecule has 0 atom stereocenters. The van der Waals surface area contributed by atoms with E-state index in [9.17, 15) is 13.2 Å². The van der Waals surface area contributed by atoms with Crippen LogP contribution in [0.3, 0.4) is 0 Å². The molecule has 1 aliphatic heterocycles. The number of hydrogen-bond donors (Lipinski definition) is 1. The molecule has 1 heterocycles. The van der Waals surface area contributed by atoms with Gasteiger partial charge in [0.15, 0.2) is 6.61 Å². The first kappa shape index (κ1) is 21.9. The first-order valence-corrected chi connectivity index (χ1v) is 10.7. The summed E-state index contributed by atoms with van der Waals surface area (Å²) in [7, 11) is -0.705. The van der Waals surface area contributed by atoms with Gasteiger partial charge in [-0.05, 0) is 42.5 Å². The van der Waals surface area contributed by atoms with Crippen molar-refractivity contribution in [3.63, 3.8) is 0 Å². The van der Waals surface area contributed by atoms with Crippen molar-refractivity contribution in [2.75, 3.05) is 52.4 Å². The Morgan fingerprint density at radius 2 is 1.70 bits per heavy atom. The SMILES string of the molecule is COc1ccc(OCC(=O)Nc2cc(S(=O)(=O)N3CCOCC3)ccc2OC)cc1. The molecule has 10 heteroatoms. The number of rotatable bonds is 8. The molecule has 2 aromatic rings. The van der Waals surface area contributed by atoms with Gasteiger partial charge < -0.3 is 24.3 Å². The maximum Gasteiger partial charge on any atom is 0.262 e. The summed E-state index contributed by atoms with van der Waals surface area (Å²) in [5, 5.41) is 2.65. The summed E-state index contributed by atoms with van der Waals surface area (Å²) >= 11 is 0. The van der Waals surface area contributed by atoms with Crippen molar-refractivity contribution < 1.29 is 32.2 Å². The van der Waals surface area contributed by atoms with Crippen LogP contribution in [0.15, 0.2) is 47.4 Å². The molecule has 1 fully saturated rings. The van der Waals surface area contributed by atoms with Crippen LogP contribution in [-0.4, -0.2) is 65.8 Å². The Morgan fingerprint density at radius 3 is 2.33 bits per heavy atom. The van der Waals surface area contributed by atoms with Crippen molar-refractivity contribution in [2.45, 2.75) is 4.90 Å². The quantitative estimate of drug-likeness (QED) is 0.672. The minimum atomic E-state index is -3.70. The van der Waals surface area contributed by atoms with E-state index in [1.807, 2.05) is 0 Å². The maximum absolute atomic E-state index is 12.9. The third-order valence-corrected chi connectivity index (χ3v) is 6.38. The lowest BCUT2D eigenvalue weighted by atomic mass is 10.3. The third-order valence-electron chi connectivity index (χ3n) is 4.48. The summed E-state index contributed by atoms with van der Waals surface area (Å²) in [6, 6.07) is 11.1. The van der Waals surface area contributed by atoms with Gasteiger partial charge in [-0.2, -0.15) is 4.31 Å². The van der Waals surface area contributed by atoms with Crippen molar-refractivity contribution in [1.29, 1.82) is 0 Å². The number of carbonyl (C=O) groups is 1. The molecular formula is C20H24N2O7S. The highest BCUT2D eigenvalue weighted by Gasteiger charge is 2.27. The molecule has 30 heavy (non-hydrogen) atoms. The molecule has 0 bridgehead atoms. The number of methoxy groups -OCH3 is 2. The fraction of sp³-hybridized carbons (Fsp3) is 0.350. The minimum absolute atomic E-state index is 0.0663. The summed E-state index contributed by atoms with van der Waals surface area (Å²) in [5.74, 6) is 1.06. The van der Waals surface area contributed by atoms with E-state index in [1.54, 1.807) is 31.4 Å². The van der Waals surface area contributed by atoms with E-state index in [1.165, 1.54) is 29.6 Å². The second kappa shape index (κ2) is 9.79. The lowest BCUT2D eigenvalue weighted by molar-refractivity contribution is -0.118. The number of anilines is 1. The highest BCUT2D eigenvalue weighted by atomic mass is 32.2. The van der Waals surface area contributed by atoms with Gasteiger partial charge in [0.05, 0.1) is 38.0 Å². The van der Waals surface area contributed by atoms with E-state index in [0.29, 0.717) is 30.5 Å². The van der Waals surface area contributed by atoms with Crippen LogP contribution in [0.25, 0.3) is 0 Å². The number of morpholine rings is 1. The molecule has 9 nitrogen and oxygen atoms in total. The fourth-order valence-electron chi connectivity index (χ4n) is 2.89. The van der Waals surface area contributed by atoms with Gasteiger partial charge >= 0.3 is 0 Å². The van der Waals surface area contributed by atoms with Crippen molar-refractivity contribution >= 4 is 21.6 Å². The number of nitrogens with one attached hydrogen (secondary N) is 1. The van der Waals surface area contributed by atoms with Crippen LogP contribution < -0.4 is 19.5 Å². The van der Waals surface area contributed by atoms with Crippen molar-refractivity contribution in [3.8, 4) is 17.2 Å². The topological polar surface area (TPSA) is 103 Å². The van der Waals surface area contributed by atoms with Gasteiger partial charge in [-0.1, -0.05) is 0 Å². The zero-order valence-corrected chi connectivity index (χ0v) is 17.6. The highest BCUT2D eigenvalue weighted by molar-refractivity contribution is 7.89. The summed E-state index contributed by atoms with van der Waals surface area (Å²) < 4.78 is 48.1. The van der Waals surface area contributed by atoms with Crippen molar-refractivity contribution in [1.82, 2.24) is 4.31 Å². The molecule has 3 rings (SSSR count). The predicted molar refractivity (Wildman–Crippen MR) is 110 cm³/mol. The first-order chi connectivity index (χ1) is 14.4. The summed E-state index contributed by atoms with van der Waals surface area (Å²) in [6.07, 6.45) is 0. The van der Waals surface area contributed by atoms with Crippen LogP contribution in [0.1, 0.15) is 0 Å². The summed E-state index contributed by atoms with van der Waals surface area (Å²) in [6.45, 7) is 1.01. The van der Waals surface area contributed by atoms with Crippen LogP contribution >= 0.6 is 0 Å². The van der Waals surface area contributed by atoms with E-state index < -0.39 is 15.9 Å². The first-order valence-electron chi connectivity index (χ1n) is 9.26. The van der Waals surface area contributed by atoms with Gasteiger partial charge in [0.2, 0.25) is 10.0 Å². The van der Waals surface area contributed by atoms with Gasteiger partial charge in [0.25, 0.3) is 5.91 Å². The van der Waals surface area contributed by atoms with E-state index in [-0.39, 0.29) is 30.3 Å². The van der Waals surface area contributed by atoms with Gasteiger partial charge in [0, 0.05) is 13.1 Å². The molecule has 0 saturated carbocycles. The molecule has 2 aromatic carbocycles. The lowest BCUT2D eigenvalue weighted by Crippen LogP contribution is -2.40. The number of benzene rings is 2. The second-order valence-corrected chi connectivity index (χ2v) is 8.33. The largest absolute Gasteiger partial charge is 0.497 e. The Bertz CT molecular complexity index is 971. The normalized spacial score (nSPS) is 14.7. The number of sulfonamides is 1. The minimum Gasteiger partial charge on any atom is -0.497 e. The van der Waals surface area contributed by atoms with E-state index in [4.69, 9.17) is 18.9 Å². The number of nitrogens with zero attached hydrogens (tertiary/aromatic N) is 1. The highest BCUT2D eigenvalue weighted by Crippen LogP contribution is 2.29.